The average Bonchev–Trinajstić information content (AvgIpc) is 3.17. The van der Waals surface area contributed by atoms with E-state index in [0.29, 0.717) is 17.1 Å². The van der Waals surface area contributed by atoms with Crippen molar-refractivity contribution in [1.82, 2.24) is 4.72 Å². The fourth-order valence-corrected chi connectivity index (χ4v) is 4.12. The molecule has 4 nitrogen and oxygen atoms in total. The second-order valence-corrected chi connectivity index (χ2v) is 7.81. The quantitative estimate of drug-likeness (QED) is 0.838. The molecule has 2 rings (SSSR count). The van der Waals surface area contributed by atoms with Gasteiger partial charge >= 0.3 is 0 Å². The molecule has 3 N–H and O–H groups in total. The summed E-state index contributed by atoms with van der Waals surface area (Å²) in [6, 6.07) is 2.87. The number of halogens is 2. The SMILES string of the molecule is CCC1(CNS(=O)(=O)c2cc(CN)c(Cl)cc2Cl)CC1. The molecular formula is C13H18Cl2N2O2S. The van der Waals surface area contributed by atoms with E-state index < -0.39 is 10.0 Å². The van der Waals surface area contributed by atoms with Gasteiger partial charge in [-0.15, -0.1) is 0 Å². The standard InChI is InChI=1S/C13H18Cl2N2O2S/c1-2-13(3-4-13)8-17-20(18,19)12-5-9(7-16)10(14)6-11(12)15/h5-6,17H,2-4,7-8,16H2,1H3. The van der Waals surface area contributed by atoms with E-state index in [1.165, 1.54) is 12.1 Å². The number of benzene rings is 1. The first-order valence-corrected chi connectivity index (χ1v) is 8.75. The van der Waals surface area contributed by atoms with Crippen LogP contribution in [-0.2, 0) is 16.6 Å². The maximum absolute atomic E-state index is 12.3. The Labute approximate surface area is 129 Å². The molecule has 0 unspecified atom stereocenters. The number of sulfonamides is 1. The molecule has 1 aliphatic carbocycles. The van der Waals surface area contributed by atoms with Crippen LogP contribution < -0.4 is 10.5 Å². The third kappa shape index (κ3) is 3.28. The van der Waals surface area contributed by atoms with E-state index in [-0.39, 0.29) is 21.9 Å². The first-order valence-electron chi connectivity index (χ1n) is 6.51. The summed E-state index contributed by atoms with van der Waals surface area (Å²) in [6.45, 7) is 2.68. The zero-order valence-corrected chi connectivity index (χ0v) is 13.6. The highest BCUT2D eigenvalue weighted by Gasteiger charge is 2.41. The minimum Gasteiger partial charge on any atom is -0.326 e. The van der Waals surface area contributed by atoms with Crippen LogP contribution in [0.5, 0.6) is 0 Å². The van der Waals surface area contributed by atoms with Crippen LogP contribution in [-0.4, -0.2) is 15.0 Å². The van der Waals surface area contributed by atoms with E-state index in [4.69, 9.17) is 28.9 Å². The monoisotopic (exact) mass is 336 g/mol. The van der Waals surface area contributed by atoms with Crippen molar-refractivity contribution in [3.05, 3.63) is 27.7 Å². The summed E-state index contributed by atoms with van der Waals surface area (Å²) in [4.78, 5) is 0.0379. The molecule has 0 aromatic heterocycles. The van der Waals surface area contributed by atoms with E-state index >= 15 is 0 Å². The van der Waals surface area contributed by atoms with Gasteiger partial charge in [-0.2, -0.15) is 0 Å². The highest BCUT2D eigenvalue weighted by atomic mass is 35.5. The van der Waals surface area contributed by atoms with Crippen LogP contribution in [0.3, 0.4) is 0 Å². The fourth-order valence-electron chi connectivity index (χ4n) is 2.09. The van der Waals surface area contributed by atoms with Gasteiger partial charge in [0.25, 0.3) is 0 Å². The van der Waals surface area contributed by atoms with Crippen molar-refractivity contribution in [2.45, 2.75) is 37.6 Å². The molecule has 20 heavy (non-hydrogen) atoms. The van der Waals surface area contributed by atoms with Crippen LogP contribution in [0, 0.1) is 5.41 Å². The van der Waals surface area contributed by atoms with Crippen molar-refractivity contribution in [3.8, 4) is 0 Å². The molecule has 0 spiro atoms. The van der Waals surface area contributed by atoms with E-state index in [2.05, 4.69) is 11.6 Å². The van der Waals surface area contributed by atoms with Gasteiger partial charge in [-0.05, 0) is 42.4 Å². The minimum absolute atomic E-state index is 0.0379. The van der Waals surface area contributed by atoms with Crippen LogP contribution in [0.2, 0.25) is 10.0 Å². The second-order valence-electron chi connectivity index (χ2n) is 5.26. The zero-order chi connectivity index (χ0) is 15.0. The maximum atomic E-state index is 12.3. The number of rotatable bonds is 6. The summed E-state index contributed by atoms with van der Waals surface area (Å²) in [5, 5.41) is 0.490. The van der Waals surface area contributed by atoms with E-state index in [1.807, 2.05) is 0 Å². The third-order valence-electron chi connectivity index (χ3n) is 3.95. The molecule has 1 fully saturated rings. The van der Waals surface area contributed by atoms with Crippen LogP contribution in [0.1, 0.15) is 31.7 Å². The molecule has 1 aromatic rings. The largest absolute Gasteiger partial charge is 0.326 e. The third-order valence-corrected chi connectivity index (χ3v) is 6.17. The van der Waals surface area contributed by atoms with Crippen LogP contribution in [0.4, 0.5) is 0 Å². The van der Waals surface area contributed by atoms with Gasteiger partial charge in [0.05, 0.1) is 5.02 Å². The van der Waals surface area contributed by atoms with Crippen molar-refractivity contribution >= 4 is 33.2 Å². The summed E-state index contributed by atoms with van der Waals surface area (Å²) in [6.07, 6.45) is 3.10. The summed E-state index contributed by atoms with van der Waals surface area (Å²) in [5.74, 6) is 0. The van der Waals surface area contributed by atoms with Crippen LogP contribution in [0.25, 0.3) is 0 Å². The van der Waals surface area contributed by atoms with E-state index in [0.717, 1.165) is 19.3 Å². The molecule has 0 radical (unpaired) electrons. The van der Waals surface area contributed by atoms with Crippen molar-refractivity contribution in [2.24, 2.45) is 11.1 Å². The number of hydrogen-bond acceptors (Lipinski definition) is 3. The Balaban J connectivity index is 2.25. The summed E-state index contributed by atoms with van der Waals surface area (Å²) in [5.41, 5.74) is 6.24. The zero-order valence-electron chi connectivity index (χ0n) is 11.2. The first kappa shape index (κ1) is 16.0. The van der Waals surface area contributed by atoms with Crippen molar-refractivity contribution < 1.29 is 8.42 Å². The van der Waals surface area contributed by atoms with Gasteiger partial charge in [-0.25, -0.2) is 13.1 Å². The number of nitrogens with two attached hydrogens (primary N) is 1. The molecule has 0 amide bonds. The predicted octanol–water partition coefficient (Wildman–Crippen LogP) is 2.92. The molecule has 0 saturated heterocycles. The first-order chi connectivity index (χ1) is 9.33. The highest BCUT2D eigenvalue weighted by Crippen LogP contribution is 2.48. The Kier molecular flexibility index (Phi) is 4.66. The number of nitrogens with one attached hydrogen (secondary N) is 1. The minimum atomic E-state index is -3.64. The smallest absolute Gasteiger partial charge is 0.242 e. The van der Waals surface area contributed by atoms with Gasteiger partial charge < -0.3 is 5.73 Å². The Bertz CT molecular complexity index is 613. The lowest BCUT2D eigenvalue weighted by Gasteiger charge is -2.15. The van der Waals surface area contributed by atoms with E-state index in [9.17, 15) is 8.42 Å². The molecule has 0 atom stereocenters. The summed E-state index contributed by atoms with van der Waals surface area (Å²) < 4.78 is 27.3. The molecule has 112 valence electrons. The Morgan fingerprint density at radius 3 is 2.45 bits per heavy atom. The topological polar surface area (TPSA) is 72.2 Å². The van der Waals surface area contributed by atoms with Crippen molar-refractivity contribution in [1.29, 1.82) is 0 Å². The Morgan fingerprint density at radius 2 is 1.95 bits per heavy atom. The van der Waals surface area contributed by atoms with Gasteiger partial charge in [0.2, 0.25) is 10.0 Å². The Hall–Kier alpha value is -0.330. The van der Waals surface area contributed by atoms with Crippen LogP contribution in [0.15, 0.2) is 17.0 Å². The van der Waals surface area contributed by atoms with Gasteiger partial charge in [-0.3, -0.25) is 0 Å². The molecule has 0 aliphatic heterocycles. The molecule has 1 aliphatic rings. The molecule has 1 aromatic carbocycles. The van der Waals surface area contributed by atoms with Crippen molar-refractivity contribution in [2.75, 3.05) is 6.54 Å². The number of hydrogen-bond donors (Lipinski definition) is 2. The van der Waals surface area contributed by atoms with E-state index in [1.54, 1.807) is 0 Å². The lowest BCUT2D eigenvalue weighted by molar-refractivity contribution is 0.475. The maximum Gasteiger partial charge on any atom is 0.242 e. The van der Waals surface area contributed by atoms with Crippen molar-refractivity contribution in [3.63, 3.8) is 0 Å². The lowest BCUT2D eigenvalue weighted by atomic mass is 10.1. The van der Waals surface area contributed by atoms with Gasteiger partial charge in [-0.1, -0.05) is 30.1 Å². The predicted molar refractivity (Wildman–Crippen MR) is 81.5 cm³/mol. The average molecular weight is 337 g/mol. The molecule has 0 bridgehead atoms. The lowest BCUT2D eigenvalue weighted by Crippen LogP contribution is -2.30. The highest BCUT2D eigenvalue weighted by molar-refractivity contribution is 7.89. The normalized spacial score (nSPS) is 17.2. The molecule has 1 saturated carbocycles. The second kappa shape index (κ2) is 5.81. The molecule has 0 heterocycles. The molecule has 7 heteroatoms. The Morgan fingerprint density at radius 1 is 1.30 bits per heavy atom. The summed E-state index contributed by atoms with van der Waals surface area (Å²) >= 11 is 12.0. The molecular weight excluding hydrogens is 319 g/mol. The van der Waals surface area contributed by atoms with Crippen LogP contribution >= 0.6 is 23.2 Å². The summed E-state index contributed by atoms with van der Waals surface area (Å²) in [7, 11) is -3.64. The fraction of sp³-hybridized carbons (Fsp3) is 0.538. The van der Waals surface area contributed by atoms with Gasteiger partial charge in [0.15, 0.2) is 0 Å². The van der Waals surface area contributed by atoms with Gasteiger partial charge in [0, 0.05) is 18.1 Å². The van der Waals surface area contributed by atoms with Gasteiger partial charge in [0.1, 0.15) is 4.90 Å².